The van der Waals surface area contributed by atoms with Crippen LogP contribution in [-0.2, 0) is 0 Å². The normalized spacial score (nSPS) is 10.8. The highest BCUT2D eigenvalue weighted by molar-refractivity contribution is 6.56. The molecule has 2 aromatic rings. The van der Waals surface area contributed by atoms with Crippen molar-refractivity contribution in [3.05, 3.63) is 54.4 Å². The van der Waals surface area contributed by atoms with E-state index in [9.17, 15) is 0 Å². The summed E-state index contributed by atoms with van der Waals surface area (Å²) in [7, 11) is 0. The van der Waals surface area contributed by atoms with Gasteiger partial charge in [-0.2, -0.15) is 0 Å². The van der Waals surface area contributed by atoms with Crippen molar-refractivity contribution in [2.75, 3.05) is 0 Å². The zero-order valence-electron chi connectivity index (χ0n) is 8.58. The van der Waals surface area contributed by atoms with E-state index in [-0.39, 0.29) is 25.1 Å². The summed E-state index contributed by atoms with van der Waals surface area (Å²) >= 11 is 36.2. The molecule has 0 saturated carbocycles. The van der Waals surface area contributed by atoms with Gasteiger partial charge in [0, 0.05) is 10.6 Å². The van der Waals surface area contributed by atoms with Gasteiger partial charge in [0.05, 0.1) is 25.1 Å². The second-order valence-electron chi connectivity index (χ2n) is 3.46. The molecule has 6 heteroatoms. The Labute approximate surface area is 134 Å². The minimum absolute atomic E-state index is 0.138. The first-order valence-electron chi connectivity index (χ1n) is 4.71. The van der Waals surface area contributed by atoms with Crippen LogP contribution in [0.2, 0.25) is 30.1 Å². The third-order valence-corrected chi connectivity index (χ3v) is 4.83. The van der Waals surface area contributed by atoms with Crippen molar-refractivity contribution in [1.29, 1.82) is 0 Å². The van der Waals surface area contributed by atoms with Gasteiger partial charge >= 0.3 is 0 Å². The first-order chi connectivity index (χ1) is 8.43. The lowest BCUT2D eigenvalue weighted by molar-refractivity contribution is 1.61. The largest absolute Gasteiger partial charge is 0.0843 e. The van der Waals surface area contributed by atoms with E-state index in [1.807, 2.05) is 0 Å². The van der Waals surface area contributed by atoms with E-state index in [2.05, 4.69) is 0 Å². The Balaban J connectivity index is 2.80. The number of benzene rings is 2. The molecule has 0 fully saturated rings. The molecule has 0 unspecified atom stereocenters. The van der Waals surface area contributed by atoms with E-state index in [1.165, 1.54) is 0 Å². The molecule has 0 aliphatic carbocycles. The molecular formula is C12H4Cl6. The summed E-state index contributed by atoms with van der Waals surface area (Å²) in [4.78, 5) is 0. The highest BCUT2D eigenvalue weighted by atomic mass is 35.5. The highest BCUT2D eigenvalue weighted by Crippen LogP contribution is 2.48. The average molecular weight is 361 g/mol. The maximum absolute atomic E-state index is 6.16. The minimum Gasteiger partial charge on any atom is -0.0843 e. The van der Waals surface area contributed by atoms with Crippen LogP contribution in [0.1, 0.15) is 0 Å². The van der Waals surface area contributed by atoms with Crippen molar-refractivity contribution < 1.29 is 0 Å². The van der Waals surface area contributed by atoms with Gasteiger partial charge in [0.25, 0.3) is 0 Å². The minimum atomic E-state index is 0.138. The maximum Gasteiger partial charge on any atom is 0.0809 e. The van der Waals surface area contributed by atoms with Gasteiger partial charge in [-0.25, -0.2) is 0 Å². The number of rotatable bonds is 1. The van der Waals surface area contributed by atoms with Crippen LogP contribution in [0.3, 0.4) is 0 Å². The molecule has 2 rings (SSSR count). The van der Waals surface area contributed by atoms with Crippen LogP contribution in [0.15, 0.2) is 24.3 Å². The number of halogens is 6. The van der Waals surface area contributed by atoms with Crippen LogP contribution < -0.4 is 0 Å². The molecule has 0 aromatic heterocycles. The fourth-order valence-electron chi connectivity index (χ4n) is 1.50. The second-order valence-corrected chi connectivity index (χ2v) is 5.78. The molecule has 0 radical (unpaired) electrons. The molecule has 0 spiro atoms. The quantitative estimate of drug-likeness (QED) is 0.370. The topological polar surface area (TPSA) is 0 Å². The van der Waals surface area contributed by atoms with Gasteiger partial charge in [-0.05, 0) is 17.7 Å². The molecule has 0 saturated heterocycles. The van der Waals surface area contributed by atoms with Crippen molar-refractivity contribution in [3.8, 4) is 11.1 Å². The smallest absolute Gasteiger partial charge is 0.0809 e. The van der Waals surface area contributed by atoms with Gasteiger partial charge < -0.3 is 0 Å². The molecule has 0 aliphatic heterocycles. The Morgan fingerprint density at radius 2 is 1.11 bits per heavy atom. The van der Waals surface area contributed by atoms with Crippen LogP contribution in [0.4, 0.5) is 0 Å². The number of hydrogen-bond donors (Lipinski definition) is 0. The Hall–Kier alpha value is 0.180. The zero-order valence-corrected chi connectivity index (χ0v) is 13.1. The summed E-state index contributed by atoms with van der Waals surface area (Å²) in [6.07, 6.45) is 0. The molecule has 0 heterocycles. The van der Waals surface area contributed by atoms with E-state index in [1.54, 1.807) is 24.3 Å². The SMILES string of the molecule is Clc1cccc(-c2c(Cl)c(Cl)c(Cl)c(Cl)c2Cl)c1. The molecule has 0 nitrogen and oxygen atoms in total. The Morgan fingerprint density at radius 3 is 1.61 bits per heavy atom. The van der Waals surface area contributed by atoms with Crippen molar-refractivity contribution in [2.45, 2.75) is 0 Å². The molecule has 0 aliphatic rings. The van der Waals surface area contributed by atoms with Crippen molar-refractivity contribution in [1.82, 2.24) is 0 Å². The van der Waals surface area contributed by atoms with Gasteiger partial charge in [-0.15, -0.1) is 0 Å². The summed E-state index contributed by atoms with van der Waals surface area (Å²) in [6.45, 7) is 0. The fourth-order valence-corrected chi connectivity index (χ4v) is 3.05. The molecular weight excluding hydrogens is 357 g/mol. The molecule has 0 atom stereocenters. The average Bonchev–Trinajstić information content (AvgIpc) is 2.34. The van der Waals surface area contributed by atoms with Crippen LogP contribution in [0, 0.1) is 0 Å². The molecule has 18 heavy (non-hydrogen) atoms. The highest BCUT2D eigenvalue weighted by Gasteiger charge is 2.20. The van der Waals surface area contributed by atoms with Gasteiger partial charge in [0.2, 0.25) is 0 Å². The third kappa shape index (κ3) is 2.56. The van der Waals surface area contributed by atoms with Crippen molar-refractivity contribution in [3.63, 3.8) is 0 Å². The first kappa shape index (κ1) is 14.6. The van der Waals surface area contributed by atoms with Crippen LogP contribution in [0.25, 0.3) is 11.1 Å². The van der Waals surface area contributed by atoms with Crippen LogP contribution in [-0.4, -0.2) is 0 Å². The lowest BCUT2D eigenvalue weighted by Gasteiger charge is -2.12. The molecule has 0 bridgehead atoms. The maximum atomic E-state index is 6.16. The fraction of sp³-hybridized carbons (Fsp3) is 0. The molecule has 94 valence electrons. The second kappa shape index (κ2) is 5.66. The Kier molecular flexibility index (Phi) is 4.59. The van der Waals surface area contributed by atoms with E-state index in [4.69, 9.17) is 69.6 Å². The van der Waals surface area contributed by atoms with Crippen LogP contribution >= 0.6 is 69.6 Å². The predicted molar refractivity (Wildman–Crippen MR) is 81.9 cm³/mol. The lowest BCUT2D eigenvalue weighted by Crippen LogP contribution is -1.86. The first-order valence-corrected chi connectivity index (χ1v) is 6.97. The van der Waals surface area contributed by atoms with Gasteiger partial charge in [-0.3, -0.25) is 0 Å². The monoisotopic (exact) mass is 358 g/mol. The Morgan fingerprint density at radius 1 is 0.611 bits per heavy atom. The zero-order chi connectivity index (χ0) is 13.4. The molecule has 0 amide bonds. The summed E-state index contributed by atoms with van der Waals surface area (Å²) < 4.78 is 0. The van der Waals surface area contributed by atoms with Crippen molar-refractivity contribution >= 4 is 69.6 Å². The van der Waals surface area contributed by atoms with E-state index in [0.29, 0.717) is 10.6 Å². The van der Waals surface area contributed by atoms with Crippen LogP contribution in [0.5, 0.6) is 0 Å². The molecule has 2 aromatic carbocycles. The third-order valence-electron chi connectivity index (χ3n) is 2.32. The predicted octanol–water partition coefficient (Wildman–Crippen LogP) is 7.27. The van der Waals surface area contributed by atoms with Crippen molar-refractivity contribution in [2.24, 2.45) is 0 Å². The lowest BCUT2D eigenvalue weighted by atomic mass is 10.1. The molecule has 0 N–H and O–H groups in total. The Bertz CT molecular complexity index is 591. The van der Waals surface area contributed by atoms with Gasteiger partial charge in [-0.1, -0.05) is 81.7 Å². The summed E-state index contributed by atoms with van der Waals surface area (Å²) in [5.74, 6) is 0. The van der Waals surface area contributed by atoms with E-state index in [0.717, 1.165) is 5.56 Å². The number of hydrogen-bond acceptors (Lipinski definition) is 0. The van der Waals surface area contributed by atoms with Gasteiger partial charge in [0.1, 0.15) is 0 Å². The summed E-state index contributed by atoms with van der Waals surface area (Å²) in [6, 6.07) is 7.04. The summed E-state index contributed by atoms with van der Waals surface area (Å²) in [5.41, 5.74) is 1.23. The van der Waals surface area contributed by atoms with E-state index < -0.39 is 0 Å². The standard InChI is InChI=1S/C12H4Cl6/c13-6-3-1-2-5(4-6)7-8(14)10(16)12(18)11(17)9(7)15/h1-4H. The van der Waals surface area contributed by atoms with E-state index >= 15 is 0 Å². The van der Waals surface area contributed by atoms with Gasteiger partial charge in [0.15, 0.2) is 0 Å². The summed E-state index contributed by atoms with van der Waals surface area (Å²) in [5, 5.41) is 1.53.